The number of nitrogens with zero attached hydrogens (tertiary/aromatic N) is 1. The highest BCUT2D eigenvalue weighted by atomic mass is 32.1. The summed E-state index contributed by atoms with van der Waals surface area (Å²) in [5.74, 6) is 0.584. The Hall–Kier alpha value is -1.86. The summed E-state index contributed by atoms with van der Waals surface area (Å²) in [7, 11) is 0. The lowest BCUT2D eigenvalue weighted by atomic mass is 10.4. The fourth-order valence-electron chi connectivity index (χ4n) is 1.43. The number of carbonyl (C=O) groups is 1. The zero-order chi connectivity index (χ0) is 13.5. The van der Waals surface area contributed by atoms with Gasteiger partial charge in [-0.05, 0) is 18.6 Å². The van der Waals surface area contributed by atoms with Crippen LogP contribution in [0.25, 0.3) is 0 Å². The van der Waals surface area contributed by atoms with Gasteiger partial charge in [-0.15, -0.1) is 11.3 Å². The number of nitrogens with one attached hydrogen (secondary N) is 1. The third-order valence-corrected chi connectivity index (χ3v) is 3.00. The molecule has 6 nitrogen and oxygen atoms in total. The van der Waals surface area contributed by atoms with E-state index < -0.39 is 0 Å². The Bertz CT molecular complexity index is 510. The second kappa shape index (κ2) is 6.91. The molecule has 102 valence electrons. The second-order valence-electron chi connectivity index (χ2n) is 3.81. The summed E-state index contributed by atoms with van der Waals surface area (Å²) in [6.07, 6.45) is 2.34. The Morgan fingerprint density at radius 2 is 2.47 bits per heavy atom. The number of furan rings is 1. The fraction of sp³-hybridized carbons (Fsp3) is 0.333. The SMILES string of the molecule is Nc1nc(C(=O)NCCCOCc2ccco2)cs1. The zero-order valence-electron chi connectivity index (χ0n) is 10.3. The van der Waals surface area contributed by atoms with Gasteiger partial charge < -0.3 is 20.2 Å². The van der Waals surface area contributed by atoms with Crippen LogP contribution < -0.4 is 11.1 Å². The van der Waals surface area contributed by atoms with Crippen molar-refractivity contribution in [3.63, 3.8) is 0 Å². The summed E-state index contributed by atoms with van der Waals surface area (Å²) in [5.41, 5.74) is 5.82. The highest BCUT2D eigenvalue weighted by molar-refractivity contribution is 7.13. The van der Waals surface area contributed by atoms with E-state index in [-0.39, 0.29) is 5.91 Å². The van der Waals surface area contributed by atoms with E-state index >= 15 is 0 Å². The molecular weight excluding hydrogens is 266 g/mol. The topological polar surface area (TPSA) is 90.4 Å². The van der Waals surface area contributed by atoms with Crippen LogP contribution in [0.3, 0.4) is 0 Å². The molecule has 7 heteroatoms. The van der Waals surface area contributed by atoms with Crippen LogP contribution in [0.15, 0.2) is 28.2 Å². The van der Waals surface area contributed by atoms with E-state index in [9.17, 15) is 4.79 Å². The summed E-state index contributed by atoms with van der Waals surface area (Å²) in [5, 5.41) is 4.78. The Kier molecular flexibility index (Phi) is 4.93. The first-order valence-electron chi connectivity index (χ1n) is 5.85. The number of hydrogen-bond acceptors (Lipinski definition) is 6. The molecule has 0 saturated carbocycles. The van der Waals surface area contributed by atoms with Crippen molar-refractivity contribution >= 4 is 22.4 Å². The van der Waals surface area contributed by atoms with Gasteiger partial charge in [-0.1, -0.05) is 0 Å². The molecule has 0 radical (unpaired) electrons. The number of amides is 1. The van der Waals surface area contributed by atoms with Crippen molar-refractivity contribution in [2.24, 2.45) is 0 Å². The summed E-state index contributed by atoms with van der Waals surface area (Å²) in [4.78, 5) is 15.5. The van der Waals surface area contributed by atoms with Gasteiger partial charge in [0.05, 0.1) is 6.26 Å². The number of anilines is 1. The number of nitrogens with two attached hydrogens (primary N) is 1. The molecule has 0 bridgehead atoms. The minimum atomic E-state index is -0.209. The Morgan fingerprint density at radius 1 is 1.58 bits per heavy atom. The lowest BCUT2D eigenvalue weighted by molar-refractivity contribution is 0.0913. The first kappa shape index (κ1) is 13.6. The molecule has 3 N–H and O–H groups in total. The normalized spacial score (nSPS) is 10.5. The molecule has 0 fully saturated rings. The molecule has 0 spiro atoms. The highest BCUT2D eigenvalue weighted by Crippen LogP contribution is 2.10. The van der Waals surface area contributed by atoms with E-state index in [0.29, 0.717) is 30.6 Å². The van der Waals surface area contributed by atoms with Gasteiger partial charge >= 0.3 is 0 Å². The van der Waals surface area contributed by atoms with Gasteiger partial charge in [-0.25, -0.2) is 4.98 Å². The average molecular weight is 281 g/mol. The lowest BCUT2D eigenvalue weighted by Crippen LogP contribution is -2.25. The minimum absolute atomic E-state index is 0.209. The van der Waals surface area contributed by atoms with E-state index in [1.807, 2.05) is 12.1 Å². The van der Waals surface area contributed by atoms with Crippen molar-refractivity contribution in [3.8, 4) is 0 Å². The van der Waals surface area contributed by atoms with Gasteiger partial charge in [0.2, 0.25) is 0 Å². The van der Waals surface area contributed by atoms with Crippen molar-refractivity contribution in [2.75, 3.05) is 18.9 Å². The molecule has 2 heterocycles. The lowest BCUT2D eigenvalue weighted by Gasteiger charge is -2.04. The van der Waals surface area contributed by atoms with Crippen molar-refractivity contribution in [2.45, 2.75) is 13.0 Å². The monoisotopic (exact) mass is 281 g/mol. The predicted octanol–water partition coefficient (Wildman–Crippen LogP) is 1.65. The quantitative estimate of drug-likeness (QED) is 0.753. The second-order valence-corrected chi connectivity index (χ2v) is 4.70. The maximum atomic E-state index is 11.6. The number of carbonyl (C=O) groups excluding carboxylic acids is 1. The van der Waals surface area contributed by atoms with Crippen molar-refractivity contribution in [1.82, 2.24) is 10.3 Å². The maximum absolute atomic E-state index is 11.6. The van der Waals surface area contributed by atoms with E-state index in [1.54, 1.807) is 11.6 Å². The molecular formula is C12H15N3O3S. The molecule has 0 unspecified atom stereocenters. The van der Waals surface area contributed by atoms with Crippen molar-refractivity contribution in [1.29, 1.82) is 0 Å². The largest absolute Gasteiger partial charge is 0.467 e. The third kappa shape index (κ3) is 4.38. The summed E-state index contributed by atoms with van der Waals surface area (Å²) >= 11 is 1.25. The van der Waals surface area contributed by atoms with E-state index in [1.165, 1.54) is 11.3 Å². The molecule has 0 aromatic carbocycles. The van der Waals surface area contributed by atoms with Gasteiger partial charge in [0.15, 0.2) is 5.13 Å². The van der Waals surface area contributed by atoms with E-state index in [4.69, 9.17) is 14.9 Å². The van der Waals surface area contributed by atoms with Crippen LogP contribution in [0.4, 0.5) is 5.13 Å². The molecule has 1 amide bonds. The molecule has 0 aliphatic rings. The standard InChI is InChI=1S/C12H15N3O3S/c13-12-15-10(8-19-12)11(16)14-4-2-5-17-7-9-3-1-6-18-9/h1,3,6,8H,2,4-5,7H2,(H2,13,15)(H,14,16). The molecule has 2 rings (SSSR count). The van der Waals surface area contributed by atoms with Gasteiger partial charge in [-0.3, -0.25) is 4.79 Å². The van der Waals surface area contributed by atoms with Crippen LogP contribution in [0, 0.1) is 0 Å². The van der Waals surface area contributed by atoms with E-state index in [2.05, 4.69) is 10.3 Å². The smallest absolute Gasteiger partial charge is 0.270 e. The number of thiazole rings is 1. The van der Waals surface area contributed by atoms with Crippen molar-refractivity contribution < 1.29 is 13.9 Å². The van der Waals surface area contributed by atoms with Crippen molar-refractivity contribution in [3.05, 3.63) is 35.2 Å². The highest BCUT2D eigenvalue weighted by Gasteiger charge is 2.08. The molecule has 2 aromatic heterocycles. The summed E-state index contributed by atoms with van der Waals surface area (Å²) < 4.78 is 10.5. The van der Waals surface area contributed by atoms with Crippen LogP contribution in [0.2, 0.25) is 0 Å². The molecule has 0 aliphatic carbocycles. The first-order valence-corrected chi connectivity index (χ1v) is 6.73. The zero-order valence-corrected chi connectivity index (χ0v) is 11.1. The number of hydrogen-bond donors (Lipinski definition) is 2. The minimum Gasteiger partial charge on any atom is -0.467 e. The Labute approximate surface area is 114 Å². The van der Waals surface area contributed by atoms with Gasteiger partial charge in [-0.2, -0.15) is 0 Å². The Balaban J connectivity index is 1.55. The van der Waals surface area contributed by atoms with Gasteiger partial charge in [0.1, 0.15) is 18.1 Å². The summed E-state index contributed by atoms with van der Waals surface area (Å²) in [6.45, 7) is 1.54. The maximum Gasteiger partial charge on any atom is 0.270 e. The molecule has 2 aromatic rings. The number of ether oxygens (including phenoxy) is 1. The van der Waals surface area contributed by atoms with Crippen LogP contribution >= 0.6 is 11.3 Å². The van der Waals surface area contributed by atoms with Crippen LogP contribution in [0.5, 0.6) is 0 Å². The third-order valence-electron chi connectivity index (χ3n) is 2.33. The van der Waals surface area contributed by atoms with Crippen LogP contribution in [-0.4, -0.2) is 24.0 Å². The summed E-state index contributed by atoms with van der Waals surface area (Å²) in [6, 6.07) is 3.67. The first-order chi connectivity index (χ1) is 9.25. The molecule has 0 saturated heterocycles. The van der Waals surface area contributed by atoms with Gasteiger partial charge in [0, 0.05) is 18.5 Å². The molecule has 0 atom stereocenters. The van der Waals surface area contributed by atoms with Crippen LogP contribution in [-0.2, 0) is 11.3 Å². The van der Waals surface area contributed by atoms with Gasteiger partial charge in [0.25, 0.3) is 5.91 Å². The van der Waals surface area contributed by atoms with Crippen LogP contribution in [0.1, 0.15) is 22.7 Å². The number of aromatic nitrogens is 1. The van der Waals surface area contributed by atoms with E-state index in [0.717, 1.165) is 12.2 Å². The fourth-order valence-corrected chi connectivity index (χ4v) is 1.97. The number of rotatable bonds is 7. The number of nitrogen functional groups attached to an aromatic ring is 1. The average Bonchev–Trinajstić information content (AvgIpc) is 3.04. The Morgan fingerprint density at radius 3 is 3.16 bits per heavy atom. The molecule has 0 aliphatic heterocycles. The molecule has 19 heavy (non-hydrogen) atoms. The predicted molar refractivity (Wildman–Crippen MR) is 71.8 cm³/mol.